The molecule has 0 saturated carbocycles. The third kappa shape index (κ3) is 3.39. The van der Waals surface area contributed by atoms with Crippen molar-refractivity contribution in [3.63, 3.8) is 0 Å². The molecular formula is C13H20ClNO2S. The maximum Gasteiger partial charge on any atom is 0.180 e. The summed E-state index contributed by atoms with van der Waals surface area (Å²) in [6.45, 7) is 3.83. The highest BCUT2D eigenvalue weighted by Gasteiger charge is 2.21. The van der Waals surface area contributed by atoms with Gasteiger partial charge in [-0.2, -0.15) is 0 Å². The Bertz CT molecular complexity index is 488. The molecule has 3 nitrogen and oxygen atoms in total. The van der Waals surface area contributed by atoms with Gasteiger partial charge in [0.25, 0.3) is 0 Å². The standard InChI is InChI=1S/C13H20ClNO2S/c1-4-9-18(16,17)13-8-6-5-7-12(13)15(3)11(2)10-14/h5-8,11H,4,9-10H2,1-3H3. The summed E-state index contributed by atoms with van der Waals surface area (Å²) in [5.74, 6) is 0.631. The van der Waals surface area contributed by atoms with E-state index >= 15 is 0 Å². The van der Waals surface area contributed by atoms with Gasteiger partial charge in [0.05, 0.1) is 16.3 Å². The van der Waals surface area contributed by atoms with Gasteiger partial charge in [0.2, 0.25) is 0 Å². The van der Waals surface area contributed by atoms with E-state index in [9.17, 15) is 8.42 Å². The van der Waals surface area contributed by atoms with Crippen LogP contribution >= 0.6 is 11.6 Å². The van der Waals surface area contributed by atoms with Crippen molar-refractivity contribution < 1.29 is 8.42 Å². The van der Waals surface area contributed by atoms with Crippen molar-refractivity contribution in [3.05, 3.63) is 24.3 Å². The van der Waals surface area contributed by atoms with Crippen LogP contribution in [0.2, 0.25) is 0 Å². The van der Waals surface area contributed by atoms with Gasteiger partial charge in [0.15, 0.2) is 9.84 Å². The summed E-state index contributed by atoms with van der Waals surface area (Å²) in [6.07, 6.45) is 0.617. The van der Waals surface area contributed by atoms with Crippen LogP contribution < -0.4 is 4.90 Å². The second kappa shape index (κ2) is 6.43. The van der Waals surface area contributed by atoms with Crippen LogP contribution in [0, 0.1) is 0 Å². The Morgan fingerprint density at radius 3 is 2.50 bits per heavy atom. The smallest absolute Gasteiger partial charge is 0.180 e. The average Bonchev–Trinajstić information content (AvgIpc) is 2.37. The summed E-state index contributed by atoms with van der Waals surface area (Å²) >= 11 is 5.83. The van der Waals surface area contributed by atoms with E-state index in [0.717, 1.165) is 5.69 Å². The highest BCUT2D eigenvalue weighted by atomic mass is 35.5. The lowest BCUT2D eigenvalue weighted by Crippen LogP contribution is -2.31. The molecule has 0 spiro atoms. The molecule has 0 amide bonds. The SMILES string of the molecule is CCCS(=O)(=O)c1ccccc1N(C)C(C)CCl. The van der Waals surface area contributed by atoms with Gasteiger partial charge in [-0.1, -0.05) is 19.1 Å². The van der Waals surface area contributed by atoms with Gasteiger partial charge in [0.1, 0.15) is 0 Å². The van der Waals surface area contributed by atoms with Crippen molar-refractivity contribution in [2.75, 3.05) is 23.6 Å². The first kappa shape index (κ1) is 15.3. The Labute approximate surface area is 115 Å². The number of hydrogen-bond donors (Lipinski definition) is 0. The first-order valence-electron chi connectivity index (χ1n) is 6.04. The lowest BCUT2D eigenvalue weighted by Gasteiger charge is -2.27. The van der Waals surface area contributed by atoms with Crippen LogP contribution in [0.4, 0.5) is 5.69 Å². The van der Waals surface area contributed by atoms with Crippen molar-refractivity contribution in [1.82, 2.24) is 0 Å². The molecule has 0 fully saturated rings. The molecule has 102 valence electrons. The van der Waals surface area contributed by atoms with Crippen LogP contribution in [0.3, 0.4) is 0 Å². The predicted molar refractivity (Wildman–Crippen MR) is 77.4 cm³/mol. The molecule has 0 heterocycles. The summed E-state index contributed by atoms with van der Waals surface area (Å²) in [4.78, 5) is 2.31. The zero-order valence-corrected chi connectivity index (χ0v) is 12.6. The molecule has 0 bridgehead atoms. The summed E-state index contributed by atoms with van der Waals surface area (Å²) in [6, 6.07) is 7.18. The Kier molecular flexibility index (Phi) is 5.47. The van der Waals surface area contributed by atoms with Crippen molar-refractivity contribution in [2.45, 2.75) is 31.2 Å². The highest BCUT2D eigenvalue weighted by Crippen LogP contribution is 2.27. The maximum absolute atomic E-state index is 12.2. The van der Waals surface area contributed by atoms with E-state index < -0.39 is 9.84 Å². The molecule has 0 radical (unpaired) electrons. The molecule has 0 aliphatic heterocycles. The van der Waals surface area contributed by atoms with E-state index in [4.69, 9.17) is 11.6 Å². The number of anilines is 1. The fourth-order valence-electron chi connectivity index (χ4n) is 1.73. The molecule has 5 heteroatoms. The summed E-state index contributed by atoms with van der Waals surface area (Å²) in [7, 11) is -1.34. The minimum absolute atomic E-state index is 0.0876. The number of benzene rings is 1. The van der Waals surface area contributed by atoms with Crippen LogP contribution in [-0.2, 0) is 9.84 Å². The molecule has 0 N–H and O–H groups in total. The summed E-state index contributed by atoms with van der Waals surface area (Å²) in [5.41, 5.74) is 0.721. The fourth-order valence-corrected chi connectivity index (χ4v) is 3.51. The van der Waals surface area contributed by atoms with E-state index in [0.29, 0.717) is 17.2 Å². The lowest BCUT2D eigenvalue weighted by molar-refractivity contribution is 0.594. The number of alkyl halides is 1. The third-order valence-corrected chi connectivity index (χ3v) is 5.35. The van der Waals surface area contributed by atoms with Crippen LogP contribution in [0.5, 0.6) is 0 Å². The number of hydrogen-bond acceptors (Lipinski definition) is 3. The largest absolute Gasteiger partial charge is 0.370 e. The summed E-state index contributed by atoms with van der Waals surface area (Å²) in [5, 5.41) is 0. The Balaban J connectivity index is 3.23. The molecule has 0 aromatic heterocycles. The number of sulfone groups is 1. The first-order valence-corrected chi connectivity index (χ1v) is 8.23. The van der Waals surface area contributed by atoms with Gasteiger partial charge in [-0.05, 0) is 25.5 Å². The molecule has 1 aromatic carbocycles. The minimum atomic E-state index is -3.21. The monoisotopic (exact) mass is 289 g/mol. The predicted octanol–water partition coefficient (Wildman–Crippen LogP) is 2.93. The average molecular weight is 290 g/mol. The minimum Gasteiger partial charge on any atom is -0.370 e. The van der Waals surface area contributed by atoms with Crippen molar-refractivity contribution in [2.24, 2.45) is 0 Å². The van der Waals surface area contributed by atoms with Crippen LogP contribution in [0.1, 0.15) is 20.3 Å². The van der Waals surface area contributed by atoms with Gasteiger partial charge in [0, 0.05) is 19.0 Å². The normalized spacial score (nSPS) is 13.3. The lowest BCUT2D eigenvalue weighted by atomic mass is 10.2. The Morgan fingerprint density at radius 2 is 1.94 bits per heavy atom. The second-order valence-corrected chi connectivity index (χ2v) is 6.79. The molecule has 0 aliphatic carbocycles. The third-order valence-electron chi connectivity index (χ3n) is 2.94. The molecule has 1 rings (SSSR count). The Morgan fingerprint density at radius 1 is 1.33 bits per heavy atom. The number of nitrogens with zero attached hydrogens (tertiary/aromatic N) is 1. The zero-order valence-electron chi connectivity index (χ0n) is 11.1. The van der Waals surface area contributed by atoms with Crippen LogP contribution in [0.15, 0.2) is 29.2 Å². The van der Waals surface area contributed by atoms with Gasteiger partial charge < -0.3 is 4.90 Å². The first-order chi connectivity index (χ1) is 8.44. The number of halogens is 1. The zero-order chi connectivity index (χ0) is 13.8. The summed E-state index contributed by atoms with van der Waals surface area (Å²) < 4.78 is 24.4. The van der Waals surface area contributed by atoms with E-state index in [2.05, 4.69) is 0 Å². The van der Waals surface area contributed by atoms with Crippen molar-refractivity contribution in [1.29, 1.82) is 0 Å². The molecule has 0 aliphatic rings. The quantitative estimate of drug-likeness (QED) is 0.756. The maximum atomic E-state index is 12.2. The van der Waals surface area contributed by atoms with E-state index in [-0.39, 0.29) is 11.8 Å². The van der Waals surface area contributed by atoms with E-state index in [1.165, 1.54) is 0 Å². The van der Waals surface area contributed by atoms with Gasteiger partial charge in [-0.3, -0.25) is 0 Å². The van der Waals surface area contributed by atoms with Crippen molar-refractivity contribution >= 4 is 27.1 Å². The molecule has 1 unspecified atom stereocenters. The molecule has 1 aromatic rings. The van der Waals surface area contributed by atoms with E-state index in [1.54, 1.807) is 12.1 Å². The van der Waals surface area contributed by atoms with Gasteiger partial charge in [-0.25, -0.2) is 8.42 Å². The number of para-hydroxylation sites is 1. The van der Waals surface area contributed by atoms with Crippen molar-refractivity contribution in [3.8, 4) is 0 Å². The fraction of sp³-hybridized carbons (Fsp3) is 0.538. The van der Waals surface area contributed by atoms with Crippen LogP contribution in [0.25, 0.3) is 0 Å². The molecule has 0 saturated heterocycles. The number of rotatable bonds is 6. The molecular weight excluding hydrogens is 270 g/mol. The van der Waals surface area contributed by atoms with Gasteiger partial charge in [-0.15, -0.1) is 11.6 Å². The van der Waals surface area contributed by atoms with Gasteiger partial charge >= 0.3 is 0 Å². The topological polar surface area (TPSA) is 37.4 Å². The molecule has 1 atom stereocenters. The van der Waals surface area contributed by atoms with E-state index in [1.807, 2.05) is 37.9 Å². The second-order valence-electron chi connectivity index (χ2n) is 4.40. The van der Waals surface area contributed by atoms with Crippen LogP contribution in [-0.4, -0.2) is 33.1 Å². The Hall–Kier alpha value is -0.740. The highest BCUT2D eigenvalue weighted by molar-refractivity contribution is 7.91. The molecule has 18 heavy (non-hydrogen) atoms.